The molecule has 56 heavy (non-hydrogen) atoms. The molecule has 0 bridgehead atoms. The van der Waals surface area contributed by atoms with E-state index in [9.17, 15) is 13.0 Å². The van der Waals surface area contributed by atoms with E-state index in [1.165, 1.54) is 56.9 Å². The Kier molecular flexibility index (Phi) is 11.7. The van der Waals surface area contributed by atoms with Crippen LogP contribution in [0.25, 0.3) is 21.5 Å². The molecule has 4 aromatic carbocycles. The quantitative estimate of drug-likeness (QED) is 0.0769. The molecule has 0 aromatic heterocycles. The highest BCUT2D eigenvalue weighted by atomic mass is 35.5. The fourth-order valence-electron chi connectivity index (χ4n) is 9.33. The summed E-state index contributed by atoms with van der Waals surface area (Å²) in [6.07, 6.45) is 20.6. The number of rotatable bonds is 13. The highest BCUT2D eigenvalue weighted by Gasteiger charge is 2.45. The number of halogens is 1. The molecule has 2 heterocycles. The van der Waals surface area contributed by atoms with Crippen LogP contribution in [0.1, 0.15) is 97.1 Å². The summed E-state index contributed by atoms with van der Waals surface area (Å²) in [7, 11) is -4.25. The zero-order valence-electron chi connectivity index (χ0n) is 33.6. The Morgan fingerprint density at radius 1 is 0.786 bits per heavy atom. The van der Waals surface area contributed by atoms with Gasteiger partial charge >= 0.3 is 0 Å². The molecule has 0 saturated carbocycles. The molecule has 0 N–H and O–H groups in total. The van der Waals surface area contributed by atoms with Crippen LogP contribution in [0.4, 0.5) is 11.4 Å². The predicted molar refractivity (Wildman–Crippen MR) is 236 cm³/mol. The first-order chi connectivity index (χ1) is 26.8. The molecule has 0 fully saturated rings. The Morgan fingerprint density at radius 2 is 1.46 bits per heavy atom. The monoisotopic (exact) mass is 786 g/mol. The number of nitrogens with zero attached hydrogens (tertiary/aromatic N) is 2. The van der Waals surface area contributed by atoms with Gasteiger partial charge in [-0.05, 0) is 102 Å². The Hall–Kier alpha value is -4.23. The van der Waals surface area contributed by atoms with E-state index in [1.54, 1.807) is 0 Å². The average Bonchev–Trinajstić information content (AvgIpc) is 3.53. The van der Waals surface area contributed by atoms with Crippen LogP contribution < -0.4 is 4.90 Å². The summed E-state index contributed by atoms with van der Waals surface area (Å²) in [6.45, 7) is 13.1. The van der Waals surface area contributed by atoms with Gasteiger partial charge in [-0.2, -0.15) is 4.58 Å². The average molecular weight is 788 g/mol. The van der Waals surface area contributed by atoms with Crippen molar-refractivity contribution in [1.29, 1.82) is 0 Å². The fourth-order valence-corrected chi connectivity index (χ4v) is 10.2. The number of hydrogen-bond acceptors (Lipinski definition) is 4. The Balaban J connectivity index is 1.18. The number of hydrogen-bond donors (Lipinski definition) is 0. The van der Waals surface area contributed by atoms with Gasteiger partial charge in [0, 0.05) is 58.3 Å². The molecule has 292 valence electrons. The van der Waals surface area contributed by atoms with E-state index in [-0.39, 0.29) is 16.6 Å². The van der Waals surface area contributed by atoms with Gasteiger partial charge in [-0.15, -0.1) is 0 Å². The minimum atomic E-state index is -4.25. The SMILES string of the molecule is CCCCCN1/C(=C/C=C/C=C2\CCCC(/C=C/C3=[N+](CCCCS(=O)(=O)[O-])c4ccc5ccccc5c4C3(C)C)=C2Cl)C(C)(C)c2c1ccc1ccccc21. The zero-order chi connectivity index (χ0) is 39.7. The van der Waals surface area contributed by atoms with Gasteiger partial charge in [0.05, 0.1) is 15.5 Å². The van der Waals surface area contributed by atoms with Crippen molar-refractivity contribution in [3.05, 3.63) is 142 Å². The largest absolute Gasteiger partial charge is 0.748 e. The smallest absolute Gasteiger partial charge is 0.210 e. The highest BCUT2D eigenvalue weighted by Crippen LogP contribution is 2.51. The Bertz CT molecular complexity index is 2460. The van der Waals surface area contributed by atoms with Crippen LogP contribution in [0.3, 0.4) is 0 Å². The van der Waals surface area contributed by atoms with Crippen LogP contribution in [0.2, 0.25) is 0 Å². The summed E-state index contributed by atoms with van der Waals surface area (Å²) in [5, 5.41) is 5.84. The van der Waals surface area contributed by atoms with Gasteiger partial charge in [0.25, 0.3) is 0 Å². The number of allylic oxidation sites excluding steroid dienone is 10. The normalized spacial score (nSPS) is 19.5. The second kappa shape index (κ2) is 16.3. The molecule has 0 spiro atoms. The van der Waals surface area contributed by atoms with Crippen molar-refractivity contribution >= 4 is 60.4 Å². The molecule has 0 radical (unpaired) electrons. The molecular weight excluding hydrogens is 732 g/mol. The third kappa shape index (κ3) is 7.85. The van der Waals surface area contributed by atoms with Gasteiger partial charge in [0.1, 0.15) is 6.54 Å². The van der Waals surface area contributed by atoms with E-state index in [2.05, 4.69) is 153 Å². The van der Waals surface area contributed by atoms with Gasteiger partial charge in [0.2, 0.25) is 5.69 Å². The van der Waals surface area contributed by atoms with E-state index < -0.39 is 10.1 Å². The van der Waals surface area contributed by atoms with Crippen molar-refractivity contribution in [2.45, 2.75) is 96.8 Å². The third-order valence-corrected chi connectivity index (χ3v) is 13.4. The molecule has 0 atom stereocenters. The van der Waals surface area contributed by atoms with Crippen molar-refractivity contribution < 1.29 is 17.5 Å². The molecule has 7 heteroatoms. The lowest BCUT2D eigenvalue weighted by atomic mass is 9.79. The fraction of sp³-hybridized carbons (Fsp3) is 0.367. The molecule has 7 rings (SSSR count). The van der Waals surface area contributed by atoms with Crippen molar-refractivity contribution in [2.75, 3.05) is 23.7 Å². The predicted octanol–water partition coefficient (Wildman–Crippen LogP) is 12.3. The zero-order valence-corrected chi connectivity index (χ0v) is 35.1. The number of benzene rings is 4. The van der Waals surface area contributed by atoms with Crippen LogP contribution >= 0.6 is 11.6 Å². The molecule has 4 aromatic rings. The number of anilines is 1. The number of unbranched alkanes of at least 4 members (excludes halogenated alkanes) is 3. The summed E-state index contributed by atoms with van der Waals surface area (Å²) in [5.74, 6) is -0.344. The lowest BCUT2D eigenvalue weighted by Gasteiger charge is -2.27. The van der Waals surface area contributed by atoms with Gasteiger partial charge in [-0.1, -0.05) is 124 Å². The van der Waals surface area contributed by atoms with Gasteiger partial charge in [-0.3, -0.25) is 0 Å². The molecule has 5 nitrogen and oxygen atoms in total. The van der Waals surface area contributed by atoms with Crippen LogP contribution in [-0.4, -0.2) is 42.1 Å². The van der Waals surface area contributed by atoms with Crippen molar-refractivity contribution in [3.8, 4) is 0 Å². The van der Waals surface area contributed by atoms with Crippen molar-refractivity contribution in [1.82, 2.24) is 0 Å². The summed E-state index contributed by atoms with van der Waals surface area (Å²) in [6, 6.07) is 26.1. The van der Waals surface area contributed by atoms with Crippen molar-refractivity contribution in [2.24, 2.45) is 0 Å². The van der Waals surface area contributed by atoms with Crippen molar-refractivity contribution in [3.63, 3.8) is 0 Å². The second-order valence-electron chi connectivity index (χ2n) is 16.6. The topological polar surface area (TPSA) is 63.5 Å². The molecule has 3 aliphatic rings. The van der Waals surface area contributed by atoms with E-state index in [4.69, 9.17) is 11.6 Å². The van der Waals surface area contributed by atoms with Gasteiger partial charge in [-0.25, -0.2) is 8.42 Å². The van der Waals surface area contributed by atoms with E-state index in [0.29, 0.717) is 19.4 Å². The lowest BCUT2D eigenvalue weighted by Crippen LogP contribution is -2.28. The van der Waals surface area contributed by atoms with Crippen LogP contribution in [0.5, 0.6) is 0 Å². The maximum atomic E-state index is 11.4. The molecule has 0 saturated heterocycles. The summed E-state index contributed by atoms with van der Waals surface area (Å²) < 4.78 is 36.4. The van der Waals surface area contributed by atoms with Crippen LogP contribution in [0.15, 0.2) is 131 Å². The van der Waals surface area contributed by atoms with E-state index in [1.807, 2.05) is 0 Å². The molecular formula is C49H55ClN2O3S. The van der Waals surface area contributed by atoms with Gasteiger partial charge in [0.15, 0.2) is 5.71 Å². The Labute approximate surface area is 339 Å². The third-order valence-electron chi connectivity index (χ3n) is 12.1. The first-order valence-electron chi connectivity index (χ1n) is 20.4. The molecule has 1 aliphatic carbocycles. The van der Waals surface area contributed by atoms with Gasteiger partial charge < -0.3 is 9.45 Å². The van der Waals surface area contributed by atoms with E-state index >= 15 is 0 Å². The minimum Gasteiger partial charge on any atom is -0.748 e. The summed E-state index contributed by atoms with van der Waals surface area (Å²) in [5.41, 5.74) is 9.43. The number of fused-ring (bicyclic) bond motifs is 6. The standard InChI is InChI=1S/C49H55ClN2O3S/c1-6-7-14-32-51-41-29-26-35-18-8-11-23-39(35)45(41)48(2,3)43(51)25-13-10-20-37-21-17-22-38(47(37)50)28-31-44-49(4,5)46-40-24-12-9-19-36(40)27-30-42(46)52(44)33-15-16-34-56(53,54)55/h8-13,18-20,23-31H,6-7,14-17,21-22,32-34H2,1-5H3. The lowest BCUT2D eigenvalue weighted by molar-refractivity contribution is -0.438. The maximum absolute atomic E-state index is 11.4. The first kappa shape index (κ1) is 40.0. The van der Waals surface area contributed by atoms with E-state index in [0.717, 1.165) is 59.8 Å². The molecule has 0 unspecified atom stereocenters. The second-order valence-corrected chi connectivity index (χ2v) is 18.5. The molecule has 0 amide bonds. The molecule has 2 aliphatic heterocycles. The Morgan fingerprint density at radius 3 is 2.18 bits per heavy atom. The highest BCUT2D eigenvalue weighted by molar-refractivity contribution is 7.85. The van der Waals surface area contributed by atoms with Crippen LogP contribution in [-0.2, 0) is 20.9 Å². The summed E-state index contributed by atoms with van der Waals surface area (Å²) >= 11 is 7.21. The maximum Gasteiger partial charge on any atom is 0.210 e. The minimum absolute atomic E-state index is 0.139. The van der Waals surface area contributed by atoms with Crippen LogP contribution in [0, 0.1) is 0 Å². The summed E-state index contributed by atoms with van der Waals surface area (Å²) in [4.78, 5) is 2.55. The first-order valence-corrected chi connectivity index (χ1v) is 22.3.